The van der Waals surface area contributed by atoms with Gasteiger partial charge in [0, 0.05) is 56.6 Å². The van der Waals surface area contributed by atoms with Crippen molar-refractivity contribution in [1.29, 1.82) is 0 Å². The SMILES string of the molecule is Cc1c[nH]c2ncnc(N3CCC(CN=[N+]=[N-])(C(=O)Nc4cccc(OC(=O)N(C)C)c4)CC3)c12. The number of ether oxygens (including phenoxy) is 1. The molecule has 0 radical (unpaired) electrons. The number of aromatic amines is 1. The molecule has 2 N–H and O–H groups in total. The first-order chi connectivity index (χ1) is 16.8. The van der Waals surface area contributed by atoms with E-state index in [2.05, 4.69) is 35.2 Å². The summed E-state index contributed by atoms with van der Waals surface area (Å²) in [6.07, 6.45) is 3.86. The van der Waals surface area contributed by atoms with Crippen molar-refractivity contribution in [2.24, 2.45) is 10.5 Å². The van der Waals surface area contributed by atoms with Gasteiger partial charge in [-0.2, -0.15) is 0 Å². The average Bonchev–Trinajstić information content (AvgIpc) is 3.24. The Labute approximate surface area is 201 Å². The number of azide groups is 1. The molecule has 2 amide bonds. The predicted molar refractivity (Wildman–Crippen MR) is 131 cm³/mol. The first-order valence-electron chi connectivity index (χ1n) is 11.2. The first kappa shape index (κ1) is 23.8. The first-order valence-corrected chi connectivity index (χ1v) is 11.2. The summed E-state index contributed by atoms with van der Waals surface area (Å²) in [5.41, 5.74) is 10.4. The maximum absolute atomic E-state index is 13.4. The third-order valence-corrected chi connectivity index (χ3v) is 6.25. The number of nitrogens with one attached hydrogen (secondary N) is 2. The van der Waals surface area contributed by atoms with E-state index in [0.29, 0.717) is 37.4 Å². The molecular weight excluding hydrogens is 450 g/mol. The lowest BCUT2D eigenvalue weighted by atomic mass is 9.77. The zero-order valence-corrected chi connectivity index (χ0v) is 19.9. The van der Waals surface area contributed by atoms with Crippen molar-refractivity contribution in [2.45, 2.75) is 19.8 Å². The molecule has 12 heteroatoms. The molecule has 1 fully saturated rings. The van der Waals surface area contributed by atoms with Crippen LogP contribution in [0.5, 0.6) is 5.75 Å². The van der Waals surface area contributed by atoms with E-state index in [0.717, 1.165) is 22.4 Å². The molecule has 4 rings (SSSR count). The highest BCUT2D eigenvalue weighted by atomic mass is 16.6. The minimum Gasteiger partial charge on any atom is -0.410 e. The minimum absolute atomic E-state index is 0.0425. The van der Waals surface area contributed by atoms with Gasteiger partial charge in [0.25, 0.3) is 0 Å². The van der Waals surface area contributed by atoms with Gasteiger partial charge in [0.1, 0.15) is 23.5 Å². The van der Waals surface area contributed by atoms with Gasteiger partial charge < -0.3 is 24.8 Å². The molecule has 2 aromatic heterocycles. The van der Waals surface area contributed by atoms with Crippen molar-refractivity contribution >= 4 is 34.5 Å². The van der Waals surface area contributed by atoms with Gasteiger partial charge >= 0.3 is 6.09 Å². The molecular formula is C23H27N9O3. The average molecular weight is 478 g/mol. The number of aromatic nitrogens is 3. The molecule has 1 aliphatic rings. The second-order valence-electron chi connectivity index (χ2n) is 8.79. The van der Waals surface area contributed by atoms with Crippen LogP contribution in [0.4, 0.5) is 16.3 Å². The maximum atomic E-state index is 13.4. The van der Waals surface area contributed by atoms with E-state index in [1.807, 2.05) is 13.1 Å². The summed E-state index contributed by atoms with van der Waals surface area (Å²) in [4.78, 5) is 43.6. The number of carbonyl (C=O) groups excluding carboxylic acids is 2. The largest absolute Gasteiger partial charge is 0.414 e. The van der Waals surface area contributed by atoms with E-state index in [1.165, 1.54) is 11.2 Å². The predicted octanol–water partition coefficient (Wildman–Crippen LogP) is 3.86. The molecule has 0 spiro atoms. The molecule has 3 aromatic rings. The Hall–Kier alpha value is -4.31. The highest BCUT2D eigenvalue weighted by Gasteiger charge is 2.41. The molecule has 0 aliphatic carbocycles. The molecule has 0 saturated carbocycles. The standard InChI is InChI=1S/C23H27N9O3/c1-15-12-25-19-18(15)20(27-14-26-19)32-9-7-23(8-10-32,13-28-30-24)21(33)29-16-5-4-6-17(11-16)35-22(34)31(2)3/h4-6,11-12,14H,7-10,13H2,1-3H3,(H,29,33)(H,25,26,27). The third-order valence-electron chi connectivity index (χ3n) is 6.25. The van der Waals surface area contributed by atoms with E-state index in [4.69, 9.17) is 10.3 Å². The summed E-state index contributed by atoms with van der Waals surface area (Å²) in [7, 11) is 3.17. The van der Waals surface area contributed by atoms with Crippen molar-refractivity contribution in [3.05, 3.63) is 52.8 Å². The monoisotopic (exact) mass is 477 g/mol. The van der Waals surface area contributed by atoms with E-state index >= 15 is 0 Å². The maximum Gasteiger partial charge on any atom is 0.414 e. The Bertz CT molecular complexity index is 1290. The van der Waals surface area contributed by atoms with Crippen LogP contribution in [-0.4, -0.2) is 65.6 Å². The summed E-state index contributed by atoms with van der Waals surface area (Å²) in [6, 6.07) is 6.63. The van der Waals surface area contributed by atoms with E-state index in [9.17, 15) is 9.59 Å². The van der Waals surface area contributed by atoms with E-state index in [1.54, 1.807) is 38.4 Å². The normalized spacial score (nSPS) is 14.8. The number of fused-ring (bicyclic) bond motifs is 1. The third kappa shape index (κ3) is 4.97. The van der Waals surface area contributed by atoms with Crippen LogP contribution in [0.1, 0.15) is 18.4 Å². The fourth-order valence-electron chi connectivity index (χ4n) is 4.20. The van der Waals surface area contributed by atoms with Crippen molar-refractivity contribution in [1.82, 2.24) is 19.9 Å². The highest BCUT2D eigenvalue weighted by Crippen LogP contribution is 2.37. The van der Waals surface area contributed by atoms with Gasteiger partial charge in [0.15, 0.2) is 0 Å². The molecule has 12 nitrogen and oxygen atoms in total. The molecule has 35 heavy (non-hydrogen) atoms. The zero-order chi connectivity index (χ0) is 25.0. The number of amides is 2. The Kier molecular flexibility index (Phi) is 6.74. The number of benzene rings is 1. The van der Waals surface area contributed by atoms with Crippen LogP contribution in [0.15, 0.2) is 41.9 Å². The van der Waals surface area contributed by atoms with Crippen molar-refractivity contribution < 1.29 is 14.3 Å². The van der Waals surface area contributed by atoms with Gasteiger partial charge in [0.05, 0.1) is 10.8 Å². The van der Waals surface area contributed by atoms with E-state index in [-0.39, 0.29) is 12.5 Å². The molecule has 1 saturated heterocycles. The summed E-state index contributed by atoms with van der Waals surface area (Å²) in [5, 5.41) is 7.63. The number of H-pyrrole nitrogens is 1. The fraction of sp³-hybridized carbons (Fsp3) is 0.391. The molecule has 3 heterocycles. The molecule has 1 aromatic carbocycles. The topological polar surface area (TPSA) is 152 Å². The molecule has 0 atom stereocenters. The summed E-state index contributed by atoms with van der Waals surface area (Å²) in [6.45, 7) is 3.16. The number of aryl methyl sites for hydroxylation is 1. The number of carbonyl (C=O) groups is 2. The Morgan fingerprint density at radius 1 is 1.31 bits per heavy atom. The minimum atomic E-state index is -0.877. The van der Waals surface area contributed by atoms with Gasteiger partial charge in [-0.25, -0.2) is 14.8 Å². The van der Waals surface area contributed by atoms with Crippen LogP contribution in [0.25, 0.3) is 21.5 Å². The number of rotatable bonds is 6. The molecule has 0 bridgehead atoms. The number of anilines is 2. The summed E-state index contributed by atoms with van der Waals surface area (Å²) in [5.74, 6) is 0.892. The smallest absolute Gasteiger partial charge is 0.410 e. The van der Waals surface area contributed by atoms with Crippen molar-refractivity contribution in [3.63, 3.8) is 0 Å². The van der Waals surface area contributed by atoms with Gasteiger partial charge in [-0.3, -0.25) is 4.79 Å². The van der Waals surface area contributed by atoms with Gasteiger partial charge in [0.2, 0.25) is 5.91 Å². The van der Waals surface area contributed by atoms with Crippen LogP contribution in [0, 0.1) is 12.3 Å². The van der Waals surface area contributed by atoms with Gasteiger partial charge in [-0.1, -0.05) is 11.2 Å². The Balaban J connectivity index is 1.51. The van der Waals surface area contributed by atoms with Crippen LogP contribution in [-0.2, 0) is 4.79 Å². The van der Waals surface area contributed by atoms with Crippen LogP contribution in [0.3, 0.4) is 0 Å². The number of piperidine rings is 1. The van der Waals surface area contributed by atoms with Crippen LogP contribution >= 0.6 is 0 Å². The number of nitrogens with zero attached hydrogens (tertiary/aromatic N) is 7. The van der Waals surface area contributed by atoms with Gasteiger partial charge in [-0.15, -0.1) is 0 Å². The lowest BCUT2D eigenvalue weighted by molar-refractivity contribution is -0.126. The van der Waals surface area contributed by atoms with Crippen molar-refractivity contribution in [3.8, 4) is 5.75 Å². The summed E-state index contributed by atoms with van der Waals surface area (Å²) < 4.78 is 5.28. The van der Waals surface area contributed by atoms with Crippen LogP contribution < -0.4 is 15.0 Å². The van der Waals surface area contributed by atoms with Crippen LogP contribution in [0.2, 0.25) is 0 Å². The molecule has 1 aliphatic heterocycles. The second-order valence-corrected chi connectivity index (χ2v) is 8.79. The molecule has 0 unspecified atom stereocenters. The van der Waals surface area contributed by atoms with Gasteiger partial charge in [-0.05, 0) is 43.0 Å². The Morgan fingerprint density at radius 2 is 2.09 bits per heavy atom. The highest BCUT2D eigenvalue weighted by molar-refractivity contribution is 5.96. The second kappa shape index (κ2) is 9.90. The molecule has 182 valence electrons. The number of hydrogen-bond donors (Lipinski definition) is 2. The number of hydrogen-bond acceptors (Lipinski definition) is 7. The zero-order valence-electron chi connectivity index (χ0n) is 19.9. The van der Waals surface area contributed by atoms with E-state index < -0.39 is 11.5 Å². The quantitative estimate of drug-likeness (QED) is 0.312. The summed E-state index contributed by atoms with van der Waals surface area (Å²) >= 11 is 0. The van der Waals surface area contributed by atoms with Crippen molar-refractivity contribution in [2.75, 3.05) is 43.9 Å². The lowest BCUT2D eigenvalue weighted by Crippen LogP contribution is -2.48. The lowest BCUT2D eigenvalue weighted by Gasteiger charge is -2.40. The Morgan fingerprint density at radius 3 is 2.80 bits per heavy atom. The fourth-order valence-corrected chi connectivity index (χ4v) is 4.20.